The number of rotatable bonds is 5. The molecule has 0 spiro atoms. The summed E-state index contributed by atoms with van der Waals surface area (Å²) < 4.78 is 36.9. The van der Waals surface area contributed by atoms with E-state index in [0.29, 0.717) is 17.7 Å². The first kappa shape index (κ1) is 26.1. The van der Waals surface area contributed by atoms with Crippen LogP contribution in [0.3, 0.4) is 0 Å². The predicted octanol–water partition coefficient (Wildman–Crippen LogP) is 4.70. The monoisotopic (exact) mass is 569 g/mol. The Morgan fingerprint density at radius 2 is 1.62 bits per heavy atom. The predicted molar refractivity (Wildman–Crippen MR) is 133 cm³/mol. The third-order valence-electron chi connectivity index (χ3n) is 5.57. The molecule has 2 aliphatic rings. The Labute approximate surface area is 202 Å². The molecule has 9 nitrogen and oxygen atoms in total. The van der Waals surface area contributed by atoms with Crippen LogP contribution in [0.15, 0.2) is 6.33 Å². The molecule has 4 unspecified atom stereocenters. The number of imidazole rings is 1. The van der Waals surface area contributed by atoms with Gasteiger partial charge in [-0.1, -0.05) is 27.5 Å². The van der Waals surface area contributed by atoms with Crippen LogP contribution in [-0.4, -0.2) is 75.4 Å². The highest BCUT2D eigenvalue weighted by molar-refractivity contribution is 9.09. The van der Waals surface area contributed by atoms with Crippen LogP contribution in [0.1, 0.15) is 25.7 Å². The normalized spacial score (nSPS) is 26.3. The van der Waals surface area contributed by atoms with Crippen LogP contribution < -0.4 is 5.73 Å². The first-order valence-corrected chi connectivity index (χ1v) is 17.3. The number of halogens is 2. The second-order valence-electron chi connectivity index (χ2n) is 9.04. The number of hydrogen-bond donors (Lipinski definition) is 1. The highest BCUT2D eigenvalue weighted by Crippen LogP contribution is 2.49. The molecule has 0 bridgehead atoms. The highest BCUT2D eigenvalue weighted by Gasteiger charge is 2.34. The molecule has 13 heteroatoms. The van der Waals surface area contributed by atoms with Crippen molar-refractivity contribution in [3.8, 4) is 0 Å². The summed E-state index contributed by atoms with van der Waals surface area (Å²) in [6.45, 7) is 7.71. The maximum atomic E-state index is 12.1. The van der Waals surface area contributed by atoms with Gasteiger partial charge in [-0.3, -0.25) is 0 Å². The summed E-state index contributed by atoms with van der Waals surface area (Å²) in [5, 5.41) is 1.11. The van der Waals surface area contributed by atoms with Gasteiger partial charge in [0.25, 0.3) is 0 Å². The number of ether oxygens (including phenoxy) is 2. The summed E-state index contributed by atoms with van der Waals surface area (Å²) in [5.41, 5.74) is 6.74. The lowest BCUT2D eigenvalue weighted by Gasteiger charge is -2.17. The second kappa shape index (κ2) is 10.4. The van der Waals surface area contributed by atoms with E-state index in [0.717, 1.165) is 31.0 Å². The summed E-state index contributed by atoms with van der Waals surface area (Å²) >= 11 is 9.36. The van der Waals surface area contributed by atoms with Crippen molar-refractivity contribution < 1.29 is 18.6 Å². The second-order valence-corrected chi connectivity index (χ2v) is 16.9. The van der Waals surface area contributed by atoms with Crippen LogP contribution in [0.25, 0.3) is 11.2 Å². The minimum atomic E-state index is -2.22. The number of nitrogen functional groups attached to an aromatic ring is 1. The van der Waals surface area contributed by atoms with E-state index in [1.807, 2.05) is 4.57 Å². The molecule has 0 amide bonds. The first-order chi connectivity index (χ1) is 14.9. The Balaban J connectivity index is 0.000000222. The third-order valence-corrected chi connectivity index (χ3v) is 10.1. The van der Waals surface area contributed by atoms with E-state index in [-0.39, 0.29) is 35.0 Å². The Morgan fingerprint density at radius 3 is 2.12 bits per heavy atom. The van der Waals surface area contributed by atoms with Crippen LogP contribution in [0.5, 0.6) is 0 Å². The average Bonchev–Trinajstić information content (AvgIpc) is 3.41. The van der Waals surface area contributed by atoms with Crippen molar-refractivity contribution in [2.75, 3.05) is 37.7 Å². The number of nitrogens with two attached hydrogens (primary N) is 1. The van der Waals surface area contributed by atoms with Crippen LogP contribution in [0.4, 0.5) is 5.95 Å². The Morgan fingerprint density at radius 1 is 1.06 bits per heavy atom. The summed E-state index contributed by atoms with van der Waals surface area (Å²) in [6, 6.07) is 0. The molecular weight excluding hydrogens is 540 g/mol. The molecule has 2 saturated heterocycles. The maximum Gasteiger partial charge on any atom is 0.223 e. The zero-order valence-corrected chi connectivity index (χ0v) is 22.9. The largest absolute Gasteiger partial charge is 0.368 e. The molecule has 0 aromatic carbocycles. The van der Waals surface area contributed by atoms with Gasteiger partial charge < -0.3 is 28.9 Å². The molecule has 2 aromatic heterocycles. The number of anilines is 1. The van der Waals surface area contributed by atoms with E-state index in [1.165, 1.54) is 0 Å². The van der Waals surface area contributed by atoms with Crippen molar-refractivity contribution in [3.05, 3.63) is 11.5 Å². The topological polar surface area (TPSA) is 122 Å². The Hall–Kier alpha value is -0.500. The van der Waals surface area contributed by atoms with Crippen LogP contribution >= 0.6 is 41.8 Å². The highest BCUT2D eigenvalue weighted by atomic mass is 79.9. The molecule has 32 heavy (non-hydrogen) atoms. The van der Waals surface area contributed by atoms with Gasteiger partial charge in [0.05, 0.1) is 25.1 Å². The van der Waals surface area contributed by atoms with Gasteiger partial charge in [-0.05, 0) is 52.3 Å². The quantitative estimate of drug-likeness (QED) is 0.312. The van der Waals surface area contributed by atoms with E-state index in [2.05, 4.69) is 30.9 Å². The summed E-state index contributed by atoms with van der Waals surface area (Å²) in [6.07, 6.45) is 5.62. The Kier molecular flexibility index (Phi) is 8.49. The maximum absolute atomic E-state index is 12.1. The molecule has 4 rings (SSSR count). The van der Waals surface area contributed by atoms with E-state index >= 15 is 0 Å². The number of nitrogens with zero attached hydrogens (tertiary/aromatic N) is 4. The first-order valence-electron chi connectivity index (χ1n) is 10.5. The molecule has 0 saturated carbocycles. The SMILES string of the molecule is CP(C)(=O)C1CCC(CBr)O1.CP(C)(=O)C1CCC(Cn2cnc3c(Cl)nc(N)nc32)O1. The standard InChI is InChI=1S/C12H17ClN5O2P.C7H14BrO2P/c1-21(2,19)8-4-3-7(20-8)5-18-6-15-9-10(13)16-12(14)17-11(9)18;1-11(2,9)7-4-3-6(5-8)10-7/h6-8H,3-5H2,1-2H3,(H2,14,16,17);6-7H,3-5H2,1-2H3. The van der Waals surface area contributed by atoms with Crippen molar-refractivity contribution in [2.45, 2.75) is 56.1 Å². The summed E-state index contributed by atoms with van der Waals surface area (Å²) in [4.78, 5) is 12.3. The fourth-order valence-electron chi connectivity index (χ4n) is 3.81. The fourth-order valence-corrected chi connectivity index (χ4v) is 6.98. The van der Waals surface area contributed by atoms with Crippen LogP contribution in [-0.2, 0) is 25.1 Å². The van der Waals surface area contributed by atoms with E-state index < -0.39 is 14.3 Å². The van der Waals surface area contributed by atoms with E-state index in [9.17, 15) is 9.13 Å². The molecule has 2 N–H and O–H groups in total. The molecule has 4 atom stereocenters. The zero-order valence-electron chi connectivity index (χ0n) is 18.8. The number of hydrogen-bond acceptors (Lipinski definition) is 8. The molecule has 0 aliphatic carbocycles. The van der Waals surface area contributed by atoms with Crippen molar-refractivity contribution in [3.63, 3.8) is 0 Å². The smallest absolute Gasteiger partial charge is 0.223 e. The molecule has 180 valence electrons. The number of fused-ring (bicyclic) bond motifs is 1. The van der Waals surface area contributed by atoms with Gasteiger partial charge in [0.1, 0.15) is 31.5 Å². The number of aromatic nitrogens is 4. The summed E-state index contributed by atoms with van der Waals surface area (Å²) in [7, 11) is -4.23. The molecule has 2 aliphatic heterocycles. The van der Waals surface area contributed by atoms with Gasteiger partial charge in [-0.2, -0.15) is 9.97 Å². The van der Waals surface area contributed by atoms with Crippen LogP contribution in [0, 0.1) is 0 Å². The van der Waals surface area contributed by atoms with Crippen molar-refractivity contribution in [2.24, 2.45) is 0 Å². The van der Waals surface area contributed by atoms with Crippen molar-refractivity contribution in [1.82, 2.24) is 19.5 Å². The van der Waals surface area contributed by atoms with Gasteiger partial charge in [0.2, 0.25) is 5.95 Å². The lowest BCUT2D eigenvalue weighted by molar-refractivity contribution is 0.0749. The fraction of sp³-hybridized carbons (Fsp3) is 0.737. The Bertz CT molecular complexity index is 1040. The number of alkyl halides is 1. The molecule has 4 heterocycles. The third kappa shape index (κ3) is 6.55. The molecule has 2 fully saturated rings. The van der Waals surface area contributed by atoms with Crippen molar-refractivity contribution in [1.29, 1.82) is 0 Å². The summed E-state index contributed by atoms with van der Waals surface area (Å²) in [5.74, 6) is -0.0169. The van der Waals surface area contributed by atoms with Gasteiger partial charge in [0.15, 0.2) is 10.8 Å². The minimum Gasteiger partial charge on any atom is -0.368 e. The van der Waals surface area contributed by atoms with E-state index in [4.69, 9.17) is 26.8 Å². The molecular formula is C19H31BrClN5O4P2. The minimum absolute atomic E-state index is 0.00408. The zero-order chi connectivity index (χ0) is 23.7. The lowest BCUT2D eigenvalue weighted by Crippen LogP contribution is -2.17. The average molecular weight is 571 g/mol. The van der Waals surface area contributed by atoms with Crippen LogP contribution in [0.2, 0.25) is 5.15 Å². The van der Waals surface area contributed by atoms with E-state index in [1.54, 1.807) is 33.0 Å². The van der Waals surface area contributed by atoms with Gasteiger partial charge in [-0.25, -0.2) is 4.98 Å². The van der Waals surface area contributed by atoms with Crippen molar-refractivity contribution >= 4 is 58.9 Å². The van der Waals surface area contributed by atoms with Gasteiger partial charge >= 0.3 is 0 Å². The molecule has 0 radical (unpaired) electrons. The van der Waals surface area contributed by atoms with Gasteiger partial charge in [-0.15, -0.1) is 0 Å². The van der Waals surface area contributed by atoms with Gasteiger partial charge in [0, 0.05) is 5.33 Å². The molecule has 2 aromatic rings. The lowest BCUT2D eigenvalue weighted by atomic mass is 10.2.